The first-order chi connectivity index (χ1) is 8.92. The van der Waals surface area contributed by atoms with E-state index in [0.29, 0.717) is 6.61 Å². The highest BCUT2D eigenvalue weighted by Gasteiger charge is 2.42. The van der Waals surface area contributed by atoms with E-state index in [9.17, 15) is 0 Å². The van der Waals surface area contributed by atoms with Gasteiger partial charge < -0.3 is 17.7 Å². The van der Waals surface area contributed by atoms with Gasteiger partial charge in [-0.25, -0.2) is 0 Å². The van der Waals surface area contributed by atoms with Crippen LogP contribution in [-0.4, -0.2) is 37.0 Å². The molecular weight excluding hydrogens is 532 g/mol. The van der Waals surface area contributed by atoms with Crippen LogP contribution in [0.25, 0.3) is 0 Å². The first-order valence-corrected chi connectivity index (χ1v) is 10.1. The number of halogens is 4. The van der Waals surface area contributed by atoms with Gasteiger partial charge in [-0.1, -0.05) is 31.9 Å². The standard InChI is InChI=1S/C10H14Br4O4Si/c1-15-19(16-2,17-3)18-5-4-6-7(11)9(13)10(14)8(6)12/h6H,4-5H2,1-3H3. The lowest BCUT2D eigenvalue weighted by atomic mass is 10.1. The molecule has 0 spiro atoms. The van der Waals surface area contributed by atoms with Gasteiger partial charge in [-0.05, 0) is 38.3 Å². The third-order valence-electron chi connectivity index (χ3n) is 2.66. The van der Waals surface area contributed by atoms with E-state index in [0.717, 1.165) is 24.4 Å². The van der Waals surface area contributed by atoms with Crippen LogP contribution in [0.1, 0.15) is 6.42 Å². The maximum absolute atomic E-state index is 5.66. The van der Waals surface area contributed by atoms with E-state index in [1.807, 2.05) is 0 Å². The molecule has 110 valence electrons. The molecule has 1 aliphatic carbocycles. The van der Waals surface area contributed by atoms with E-state index in [1.165, 1.54) is 21.3 Å². The molecule has 0 amide bonds. The Morgan fingerprint density at radius 1 is 0.895 bits per heavy atom. The average Bonchev–Trinajstić information content (AvgIpc) is 2.61. The topological polar surface area (TPSA) is 36.9 Å². The van der Waals surface area contributed by atoms with Crippen LogP contribution in [-0.2, 0) is 17.7 Å². The van der Waals surface area contributed by atoms with Crippen LogP contribution < -0.4 is 0 Å². The Labute approximate surface area is 147 Å². The molecule has 0 bridgehead atoms. The maximum Gasteiger partial charge on any atom is 0.678 e. The van der Waals surface area contributed by atoms with Gasteiger partial charge in [0.1, 0.15) is 0 Å². The fraction of sp³-hybridized carbons (Fsp3) is 0.600. The summed E-state index contributed by atoms with van der Waals surface area (Å²) in [4.78, 5) is 0. The van der Waals surface area contributed by atoms with Gasteiger partial charge in [0.2, 0.25) is 0 Å². The highest BCUT2D eigenvalue weighted by molar-refractivity contribution is 9.17. The molecule has 0 aromatic rings. The largest absolute Gasteiger partial charge is 0.678 e. The lowest BCUT2D eigenvalue weighted by molar-refractivity contribution is 0.00447. The van der Waals surface area contributed by atoms with E-state index in [4.69, 9.17) is 17.7 Å². The van der Waals surface area contributed by atoms with Crippen molar-refractivity contribution in [3.63, 3.8) is 0 Å². The molecule has 0 unspecified atom stereocenters. The summed E-state index contributed by atoms with van der Waals surface area (Å²) >= 11 is 14.2. The second-order valence-electron chi connectivity index (χ2n) is 3.63. The summed E-state index contributed by atoms with van der Waals surface area (Å²) in [7, 11) is 1.61. The maximum atomic E-state index is 5.66. The van der Waals surface area contributed by atoms with E-state index < -0.39 is 9.05 Å². The molecular formula is C10H14Br4O4Si. The Hall–Kier alpha value is 1.46. The molecule has 0 heterocycles. The van der Waals surface area contributed by atoms with Crippen LogP contribution in [0.5, 0.6) is 0 Å². The van der Waals surface area contributed by atoms with Gasteiger partial charge >= 0.3 is 9.05 Å². The van der Waals surface area contributed by atoms with Crippen molar-refractivity contribution in [2.24, 2.45) is 5.92 Å². The van der Waals surface area contributed by atoms with Crippen molar-refractivity contribution in [3.8, 4) is 0 Å². The summed E-state index contributed by atoms with van der Waals surface area (Å²) in [5, 5.41) is 0. The highest BCUT2D eigenvalue weighted by atomic mass is 79.9. The molecule has 19 heavy (non-hydrogen) atoms. The summed E-state index contributed by atoms with van der Waals surface area (Å²) < 4.78 is 25.5. The SMILES string of the molecule is CO[Si](OC)(OC)OCCC1C(Br)=C(Br)C(Br)=C1Br. The van der Waals surface area contributed by atoms with Crippen molar-refractivity contribution in [1.82, 2.24) is 0 Å². The predicted molar refractivity (Wildman–Crippen MR) is 90.6 cm³/mol. The Kier molecular flexibility index (Phi) is 7.97. The van der Waals surface area contributed by atoms with Gasteiger partial charge in [-0.3, -0.25) is 0 Å². The smallest absolute Gasteiger partial charge is 0.355 e. The van der Waals surface area contributed by atoms with Gasteiger partial charge in [0, 0.05) is 51.8 Å². The first-order valence-electron chi connectivity index (χ1n) is 5.32. The monoisotopic (exact) mass is 542 g/mol. The lowest BCUT2D eigenvalue weighted by Gasteiger charge is -2.23. The van der Waals surface area contributed by atoms with Crippen molar-refractivity contribution >= 4 is 72.8 Å². The predicted octanol–water partition coefficient (Wildman–Crippen LogP) is 4.40. The number of hydrogen-bond acceptors (Lipinski definition) is 4. The van der Waals surface area contributed by atoms with E-state index >= 15 is 0 Å². The fourth-order valence-corrected chi connectivity index (χ4v) is 5.96. The normalized spacial score (nSPS) is 17.8. The van der Waals surface area contributed by atoms with Crippen molar-refractivity contribution < 1.29 is 17.7 Å². The van der Waals surface area contributed by atoms with Crippen LogP contribution in [0.15, 0.2) is 17.9 Å². The summed E-state index contributed by atoms with van der Waals surface area (Å²) in [6.45, 7) is 0.469. The highest BCUT2D eigenvalue weighted by Crippen LogP contribution is 2.49. The molecule has 0 aromatic heterocycles. The molecule has 1 aliphatic rings. The minimum absolute atomic E-state index is 0.209. The molecule has 0 saturated heterocycles. The molecule has 0 fully saturated rings. The zero-order valence-electron chi connectivity index (χ0n) is 10.6. The van der Waals surface area contributed by atoms with Crippen LogP contribution in [0, 0.1) is 5.92 Å². The van der Waals surface area contributed by atoms with E-state index in [2.05, 4.69) is 63.7 Å². The molecule has 1 rings (SSSR count). The quantitative estimate of drug-likeness (QED) is 0.445. The van der Waals surface area contributed by atoms with E-state index in [1.54, 1.807) is 0 Å². The molecule has 0 N–H and O–H groups in total. The molecule has 0 aliphatic heterocycles. The van der Waals surface area contributed by atoms with Crippen molar-refractivity contribution in [3.05, 3.63) is 17.9 Å². The van der Waals surface area contributed by atoms with Gasteiger partial charge in [0.25, 0.3) is 0 Å². The van der Waals surface area contributed by atoms with Crippen LogP contribution in [0.2, 0.25) is 0 Å². The molecule has 0 atom stereocenters. The number of allylic oxidation sites excluding steroid dienone is 4. The zero-order valence-corrected chi connectivity index (χ0v) is 18.0. The molecule has 0 radical (unpaired) electrons. The summed E-state index contributed by atoms with van der Waals surface area (Å²) in [5.41, 5.74) is 0. The number of rotatable bonds is 7. The first kappa shape index (κ1) is 18.5. The summed E-state index contributed by atoms with van der Waals surface area (Å²) in [6, 6.07) is 0. The van der Waals surface area contributed by atoms with Crippen LogP contribution in [0.4, 0.5) is 0 Å². The van der Waals surface area contributed by atoms with Gasteiger partial charge in [0.15, 0.2) is 0 Å². The molecule has 0 saturated carbocycles. The molecule has 9 heteroatoms. The lowest BCUT2D eigenvalue weighted by Crippen LogP contribution is -2.46. The Morgan fingerprint density at radius 2 is 1.32 bits per heavy atom. The van der Waals surface area contributed by atoms with Crippen LogP contribution >= 0.6 is 63.7 Å². The minimum Gasteiger partial charge on any atom is -0.355 e. The van der Waals surface area contributed by atoms with Crippen molar-refractivity contribution in [2.45, 2.75) is 6.42 Å². The van der Waals surface area contributed by atoms with Gasteiger partial charge in [0.05, 0.1) is 0 Å². The Bertz CT molecular complexity index is 363. The third-order valence-corrected chi connectivity index (χ3v) is 9.86. The fourth-order valence-electron chi connectivity index (χ4n) is 1.61. The third kappa shape index (κ3) is 4.23. The summed E-state index contributed by atoms with van der Waals surface area (Å²) in [5.74, 6) is 0.209. The zero-order chi connectivity index (χ0) is 14.6. The van der Waals surface area contributed by atoms with Gasteiger partial charge in [-0.15, -0.1) is 0 Å². The second kappa shape index (κ2) is 8.18. The van der Waals surface area contributed by atoms with Crippen molar-refractivity contribution in [1.29, 1.82) is 0 Å². The second-order valence-corrected chi connectivity index (χ2v) is 9.43. The summed E-state index contributed by atoms with van der Waals surface area (Å²) in [6.07, 6.45) is 0.774. The van der Waals surface area contributed by atoms with Crippen LogP contribution in [0.3, 0.4) is 0 Å². The minimum atomic E-state index is -2.95. The van der Waals surface area contributed by atoms with Crippen molar-refractivity contribution in [2.75, 3.05) is 27.9 Å². The number of hydrogen-bond donors (Lipinski definition) is 0. The van der Waals surface area contributed by atoms with E-state index in [-0.39, 0.29) is 5.92 Å². The molecule has 4 nitrogen and oxygen atoms in total. The Balaban J connectivity index is 2.60. The average molecular weight is 546 g/mol. The Morgan fingerprint density at radius 3 is 1.68 bits per heavy atom. The molecule has 0 aromatic carbocycles. The van der Waals surface area contributed by atoms with Gasteiger partial charge in [-0.2, -0.15) is 0 Å².